The molecule has 0 aliphatic carbocycles. The lowest BCUT2D eigenvalue weighted by atomic mass is 10.1. The highest BCUT2D eigenvalue weighted by Gasteiger charge is 1.96. The van der Waals surface area contributed by atoms with Gasteiger partial charge in [0.05, 0.1) is 13.2 Å². The molecule has 0 spiro atoms. The maximum Gasteiger partial charge on any atom is 0.0591 e. The van der Waals surface area contributed by atoms with Crippen molar-refractivity contribution in [3.8, 4) is 0 Å². The third-order valence-electron chi connectivity index (χ3n) is 2.92. The number of hydrogen-bond acceptors (Lipinski definition) is 3. The van der Waals surface area contributed by atoms with Crippen molar-refractivity contribution in [2.75, 3.05) is 19.8 Å². The normalized spacial score (nSPS) is 10.7. The lowest BCUT2D eigenvalue weighted by Crippen LogP contribution is -2.19. The van der Waals surface area contributed by atoms with Crippen molar-refractivity contribution < 1.29 is 4.74 Å². The maximum atomic E-state index is 5.44. The van der Waals surface area contributed by atoms with E-state index in [4.69, 9.17) is 4.74 Å². The number of hydrogen-bond donors (Lipinski definition) is 1. The second-order valence-electron chi connectivity index (χ2n) is 4.42. The van der Waals surface area contributed by atoms with E-state index in [0.29, 0.717) is 0 Å². The molecule has 2 rings (SSSR count). The third-order valence-corrected chi connectivity index (χ3v) is 2.92. The summed E-state index contributed by atoms with van der Waals surface area (Å²) in [6.45, 7) is 6.89. The third kappa shape index (κ3) is 4.47. The molecule has 2 aromatic rings. The summed E-state index contributed by atoms with van der Waals surface area (Å²) in [5, 5.41) is 5.79. The van der Waals surface area contributed by atoms with E-state index in [-0.39, 0.29) is 0 Å². The standard InChI is InChI=1S/C16H20N2O/c1-2-3-9-19-10-8-18-12-14-4-5-16-13-17-7-6-15(16)11-14/h2,4-7,11,13,18H,1,3,8-10,12H2. The van der Waals surface area contributed by atoms with Crippen molar-refractivity contribution in [1.29, 1.82) is 0 Å². The first-order valence-corrected chi connectivity index (χ1v) is 6.62. The largest absolute Gasteiger partial charge is 0.380 e. The van der Waals surface area contributed by atoms with Crippen LogP contribution in [0.5, 0.6) is 0 Å². The quantitative estimate of drug-likeness (QED) is 0.582. The van der Waals surface area contributed by atoms with Crippen LogP contribution < -0.4 is 5.32 Å². The molecule has 0 aliphatic rings. The zero-order valence-corrected chi connectivity index (χ0v) is 11.1. The summed E-state index contributed by atoms with van der Waals surface area (Å²) in [6, 6.07) is 8.48. The first-order valence-electron chi connectivity index (χ1n) is 6.62. The average Bonchev–Trinajstić information content (AvgIpc) is 2.46. The number of aromatic nitrogens is 1. The van der Waals surface area contributed by atoms with Gasteiger partial charge in [0.2, 0.25) is 0 Å². The molecule has 0 radical (unpaired) electrons. The molecule has 0 saturated heterocycles. The molecule has 0 amide bonds. The van der Waals surface area contributed by atoms with E-state index in [2.05, 4.69) is 35.1 Å². The van der Waals surface area contributed by atoms with Gasteiger partial charge in [-0.3, -0.25) is 4.98 Å². The summed E-state index contributed by atoms with van der Waals surface area (Å²) in [6.07, 6.45) is 6.50. The number of ether oxygens (including phenoxy) is 1. The Morgan fingerprint density at radius 2 is 2.16 bits per heavy atom. The van der Waals surface area contributed by atoms with Crippen LogP contribution in [0.3, 0.4) is 0 Å². The predicted octanol–water partition coefficient (Wildman–Crippen LogP) is 2.92. The molecule has 0 aliphatic heterocycles. The van der Waals surface area contributed by atoms with Gasteiger partial charge in [0.15, 0.2) is 0 Å². The summed E-state index contributed by atoms with van der Waals surface area (Å²) < 4.78 is 5.44. The Morgan fingerprint density at radius 3 is 3.05 bits per heavy atom. The monoisotopic (exact) mass is 256 g/mol. The summed E-state index contributed by atoms with van der Waals surface area (Å²) in [5.41, 5.74) is 1.28. The van der Waals surface area contributed by atoms with E-state index in [0.717, 1.165) is 32.7 Å². The van der Waals surface area contributed by atoms with Crippen molar-refractivity contribution in [3.63, 3.8) is 0 Å². The summed E-state index contributed by atoms with van der Waals surface area (Å²) in [5.74, 6) is 0. The SMILES string of the molecule is C=CCCOCCNCc1ccc2cnccc2c1. The number of nitrogens with one attached hydrogen (secondary N) is 1. The highest BCUT2D eigenvalue weighted by atomic mass is 16.5. The van der Waals surface area contributed by atoms with Crippen LogP contribution >= 0.6 is 0 Å². The van der Waals surface area contributed by atoms with Gasteiger partial charge in [-0.25, -0.2) is 0 Å². The molecule has 0 saturated carbocycles. The van der Waals surface area contributed by atoms with E-state index < -0.39 is 0 Å². The van der Waals surface area contributed by atoms with Gasteiger partial charge in [0, 0.05) is 30.9 Å². The first kappa shape index (κ1) is 13.7. The minimum Gasteiger partial charge on any atom is -0.380 e. The molecule has 0 atom stereocenters. The summed E-state index contributed by atoms with van der Waals surface area (Å²) in [4.78, 5) is 4.11. The van der Waals surface area contributed by atoms with Gasteiger partial charge < -0.3 is 10.1 Å². The Morgan fingerprint density at radius 1 is 1.21 bits per heavy atom. The second-order valence-corrected chi connectivity index (χ2v) is 4.42. The van der Waals surface area contributed by atoms with E-state index >= 15 is 0 Å². The predicted molar refractivity (Wildman–Crippen MR) is 79.1 cm³/mol. The van der Waals surface area contributed by atoms with Crippen LogP contribution in [0, 0.1) is 0 Å². The van der Waals surface area contributed by atoms with Gasteiger partial charge in [0.1, 0.15) is 0 Å². The van der Waals surface area contributed by atoms with Gasteiger partial charge in [0.25, 0.3) is 0 Å². The summed E-state index contributed by atoms with van der Waals surface area (Å²) >= 11 is 0. The molecule has 1 aromatic carbocycles. The fourth-order valence-electron chi connectivity index (χ4n) is 1.89. The molecule has 3 nitrogen and oxygen atoms in total. The molecule has 1 heterocycles. The van der Waals surface area contributed by atoms with Gasteiger partial charge >= 0.3 is 0 Å². The maximum absolute atomic E-state index is 5.44. The Bertz CT molecular complexity index is 525. The van der Waals surface area contributed by atoms with Crippen molar-refractivity contribution in [2.45, 2.75) is 13.0 Å². The number of benzene rings is 1. The van der Waals surface area contributed by atoms with Crippen molar-refractivity contribution in [3.05, 3.63) is 54.9 Å². The molecule has 1 N–H and O–H groups in total. The fourth-order valence-corrected chi connectivity index (χ4v) is 1.89. The van der Waals surface area contributed by atoms with Crippen LogP contribution in [-0.2, 0) is 11.3 Å². The van der Waals surface area contributed by atoms with Gasteiger partial charge in [-0.1, -0.05) is 18.2 Å². The van der Waals surface area contributed by atoms with Crippen LogP contribution in [0.1, 0.15) is 12.0 Å². The van der Waals surface area contributed by atoms with E-state index in [1.54, 1.807) is 0 Å². The van der Waals surface area contributed by atoms with Crippen LogP contribution in [0.2, 0.25) is 0 Å². The molecule has 0 bridgehead atoms. The molecule has 19 heavy (non-hydrogen) atoms. The van der Waals surface area contributed by atoms with Crippen molar-refractivity contribution in [2.24, 2.45) is 0 Å². The number of fused-ring (bicyclic) bond motifs is 1. The second kappa shape index (κ2) is 7.67. The van der Waals surface area contributed by atoms with Crippen molar-refractivity contribution in [1.82, 2.24) is 10.3 Å². The zero-order chi connectivity index (χ0) is 13.3. The smallest absolute Gasteiger partial charge is 0.0591 e. The van der Waals surface area contributed by atoms with Gasteiger partial charge in [-0.2, -0.15) is 0 Å². The molecular formula is C16H20N2O. The number of rotatable bonds is 8. The Kier molecular flexibility index (Phi) is 5.53. The highest BCUT2D eigenvalue weighted by Crippen LogP contribution is 2.14. The molecule has 1 aromatic heterocycles. The van der Waals surface area contributed by atoms with Crippen LogP contribution in [0.25, 0.3) is 10.8 Å². The molecule has 0 fully saturated rings. The van der Waals surface area contributed by atoms with Crippen LogP contribution in [0.4, 0.5) is 0 Å². The molecule has 0 unspecified atom stereocenters. The minimum absolute atomic E-state index is 0.741. The lowest BCUT2D eigenvalue weighted by molar-refractivity contribution is 0.140. The average molecular weight is 256 g/mol. The van der Waals surface area contributed by atoms with Crippen molar-refractivity contribution >= 4 is 10.8 Å². The fraction of sp³-hybridized carbons (Fsp3) is 0.312. The Labute approximate surface area is 114 Å². The lowest BCUT2D eigenvalue weighted by Gasteiger charge is -2.06. The topological polar surface area (TPSA) is 34.1 Å². The van der Waals surface area contributed by atoms with E-state index in [1.807, 2.05) is 24.5 Å². The van der Waals surface area contributed by atoms with Crippen LogP contribution in [0.15, 0.2) is 49.3 Å². The van der Waals surface area contributed by atoms with Gasteiger partial charge in [-0.15, -0.1) is 6.58 Å². The highest BCUT2D eigenvalue weighted by molar-refractivity contribution is 5.81. The van der Waals surface area contributed by atoms with Gasteiger partial charge in [-0.05, 0) is 29.5 Å². The number of pyridine rings is 1. The number of nitrogens with zero attached hydrogens (tertiary/aromatic N) is 1. The Hall–Kier alpha value is -1.71. The minimum atomic E-state index is 0.741. The molecule has 100 valence electrons. The first-order chi connectivity index (χ1) is 9.40. The van der Waals surface area contributed by atoms with Crippen LogP contribution in [-0.4, -0.2) is 24.7 Å². The molecule has 3 heteroatoms. The van der Waals surface area contributed by atoms with E-state index in [9.17, 15) is 0 Å². The Balaban J connectivity index is 1.74. The zero-order valence-electron chi connectivity index (χ0n) is 11.1. The summed E-state index contributed by atoms with van der Waals surface area (Å²) in [7, 11) is 0. The molecular weight excluding hydrogens is 236 g/mol. The van der Waals surface area contributed by atoms with E-state index in [1.165, 1.54) is 16.3 Å².